The van der Waals surface area contributed by atoms with Crippen LogP contribution in [-0.2, 0) is 9.59 Å². The lowest BCUT2D eigenvalue weighted by atomic mass is 10.0. The lowest BCUT2D eigenvalue weighted by molar-refractivity contribution is -0.142. The van der Waals surface area contributed by atoms with Gasteiger partial charge in [-0.15, -0.1) is 0 Å². The minimum absolute atomic E-state index is 0.131. The number of nitrogens with one attached hydrogen (secondary N) is 1. The van der Waals surface area contributed by atoms with Gasteiger partial charge in [-0.25, -0.2) is 4.79 Å². The van der Waals surface area contributed by atoms with Gasteiger partial charge >= 0.3 is 5.97 Å². The van der Waals surface area contributed by atoms with Gasteiger partial charge in [-0.3, -0.25) is 4.79 Å². The Kier molecular flexibility index (Phi) is 4.83. The van der Waals surface area contributed by atoms with Crippen LogP contribution in [0.2, 0.25) is 0 Å². The van der Waals surface area contributed by atoms with Crippen molar-refractivity contribution in [2.24, 2.45) is 5.92 Å². The van der Waals surface area contributed by atoms with Gasteiger partial charge in [0.05, 0.1) is 5.25 Å². The van der Waals surface area contributed by atoms with E-state index in [-0.39, 0.29) is 11.8 Å². The zero-order valence-corrected chi connectivity index (χ0v) is 8.84. The molecule has 0 rings (SSSR count). The van der Waals surface area contributed by atoms with Gasteiger partial charge in [-0.05, 0) is 12.8 Å². The first-order chi connectivity index (χ1) is 5.86. The van der Waals surface area contributed by atoms with Crippen molar-refractivity contribution in [2.45, 2.75) is 32.1 Å². The van der Waals surface area contributed by atoms with Crippen LogP contribution in [0.1, 0.15) is 20.8 Å². The molecule has 0 saturated carbocycles. The van der Waals surface area contributed by atoms with Crippen LogP contribution in [0, 0.1) is 5.92 Å². The van der Waals surface area contributed by atoms with Crippen molar-refractivity contribution in [1.29, 1.82) is 0 Å². The van der Waals surface area contributed by atoms with Gasteiger partial charge in [0, 0.05) is 0 Å². The molecule has 0 aromatic heterocycles. The molecule has 1 amide bonds. The van der Waals surface area contributed by atoms with Gasteiger partial charge in [0.1, 0.15) is 6.04 Å². The zero-order chi connectivity index (χ0) is 10.6. The van der Waals surface area contributed by atoms with E-state index >= 15 is 0 Å². The third-order valence-electron chi connectivity index (χ3n) is 1.61. The number of hydrogen-bond acceptors (Lipinski definition) is 3. The number of amides is 1. The van der Waals surface area contributed by atoms with Crippen molar-refractivity contribution in [2.75, 3.05) is 0 Å². The number of aliphatic carboxylic acids is 1. The molecule has 0 spiro atoms. The van der Waals surface area contributed by atoms with E-state index in [4.69, 9.17) is 5.11 Å². The number of carbonyl (C=O) groups is 2. The predicted molar refractivity (Wildman–Crippen MR) is 52.9 cm³/mol. The molecule has 0 bridgehead atoms. The smallest absolute Gasteiger partial charge is 0.326 e. The fourth-order valence-electron chi connectivity index (χ4n) is 0.787. The number of carboxylic acids is 1. The second-order valence-corrected chi connectivity index (χ2v) is 4.02. The molecule has 1 unspecified atom stereocenters. The van der Waals surface area contributed by atoms with Crippen LogP contribution >= 0.6 is 12.6 Å². The third kappa shape index (κ3) is 4.17. The van der Waals surface area contributed by atoms with Gasteiger partial charge in [0.25, 0.3) is 0 Å². The highest BCUT2D eigenvalue weighted by atomic mass is 32.1. The molecule has 0 heterocycles. The molecule has 2 atom stereocenters. The second-order valence-electron chi connectivity index (χ2n) is 3.24. The summed E-state index contributed by atoms with van der Waals surface area (Å²) in [5.41, 5.74) is 0. The highest BCUT2D eigenvalue weighted by Crippen LogP contribution is 2.03. The summed E-state index contributed by atoms with van der Waals surface area (Å²) in [6.45, 7) is 5.07. The Labute approximate surface area is 83.1 Å². The van der Waals surface area contributed by atoms with Crippen molar-refractivity contribution in [3.05, 3.63) is 0 Å². The molecule has 0 aromatic rings. The zero-order valence-electron chi connectivity index (χ0n) is 7.94. The van der Waals surface area contributed by atoms with E-state index in [2.05, 4.69) is 17.9 Å². The summed E-state index contributed by atoms with van der Waals surface area (Å²) in [7, 11) is 0. The molecule has 0 saturated heterocycles. The fraction of sp³-hybridized carbons (Fsp3) is 0.750. The second kappa shape index (κ2) is 5.11. The molecular weight excluding hydrogens is 190 g/mol. The average molecular weight is 205 g/mol. The fourth-order valence-corrected chi connectivity index (χ4v) is 0.862. The Hall–Kier alpha value is -0.710. The van der Waals surface area contributed by atoms with Crippen molar-refractivity contribution >= 4 is 24.5 Å². The Morgan fingerprint density at radius 1 is 1.31 bits per heavy atom. The Bertz CT molecular complexity index is 204. The number of rotatable bonds is 4. The van der Waals surface area contributed by atoms with Gasteiger partial charge in [0.2, 0.25) is 5.91 Å². The maximum atomic E-state index is 11.1. The standard InChI is InChI=1S/C8H15NO3S/c1-4(2)6(8(11)12)9-7(10)5(3)13/h4-6,13H,1-3H3,(H,9,10)(H,11,12)/t5?,6-/m0/s1. The minimum atomic E-state index is -1.02. The monoisotopic (exact) mass is 205 g/mol. The maximum Gasteiger partial charge on any atom is 0.326 e. The number of carboxylic acid groups (broad SMARTS) is 1. The van der Waals surface area contributed by atoms with Gasteiger partial charge in [0.15, 0.2) is 0 Å². The molecule has 0 fully saturated rings. The van der Waals surface area contributed by atoms with E-state index in [1.165, 1.54) is 0 Å². The largest absolute Gasteiger partial charge is 0.480 e. The van der Waals surface area contributed by atoms with Crippen LogP contribution in [0.3, 0.4) is 0 Å². The highest BCUT2D eigenvalue weighted by Gasteiger charge is 2.24. The normalized spacial score (nSPS) is 15.2. The van der Waals surface area contributed by atoms with Crippen LogP contribution in [-0.4, -0.2) is 28.3 Å². The summed E-state index contributed by atoms with van der Waals surface area (Å²) < 4.78 is 0. The van der Waals surface area contributed by atoms with E-state index in [1.807, 2.05) is 0 Å². The Morgan fingerprint density at radius 3 is 2.00 bits per heavy atom. The number of thiol groups is 1. The Morgan fingerprint density at radius 2 is 1.77 bits per heavy atom. The molecule has 0 aliphatic rings. The first kappa shape index (κ1) is 12.3. The molecule has 0 aromatic carbocycles. The van der Waals surface area contributed by atoms with Gasteiger partial charge in [-0.2, -0.15) is 12.6 Å². The summed E-state index contributed by atoms with van der Waals surface area (Å²) in [6, 6.07) is -0.831. The molecule has 0 aliphatic carbocycles. The van der Waals surface area contributed by atoms with E-state index in [1.54, 1.807) is 20.8 Å². The molecule has 5 heteroatoms. The van der Waals surface area contributed by atoms with Crippen molar-refractivity contribution in [1.82, 2.24) is 5.32 Å². The molecule has 4 nitrogen and oxygen atoms in total. The maximum absolute atomic E-state index is 11.1. The topological polar surface area (TPSA) is 66.4 Å². The molecule has 76 valence electrons. The minimum Gasteiger partial charge on any atom is -0.480 e. The van der Waals surface area contributed by atoms with Crippen LogP contribution in [0.15, 0.2) is 0 Å². The average Bonchev–Trinajstić information content (AvgIpc) is 1.97. The number of carbonyl (C=O) groups excluding carboxylic acids is 1. The van der Waals surface area contributed by atoms with E-state index in [0.29, 0.717) is 0 Å². The number of hydrogen-bond donors (Lipinski definition) is 3. The quantitative estimate of drug-likeness (QED) is 0.586. The lowest BCUT2D eigenvalue weighted by Gasteiger charge is -2.18. The van der Waals surface area contributed by atoms with Gasteiger partial charge in [-0.1, -0.05) is 13.8 Å². The SMILES string of the molecule is CC(S)C(=O)N[C@H](C(=O)O)C(C)C. The Balaban J connectivity index is 4.27. The van der Waals surface area contributed by atoms with Crippen molar-refractivity contribution in [3.8, 4) is 0 Å². The van der Waals surface area contributed by atoms with Gasteiger partial charge < -0.3 is 10.4 Å². The molecule has 0 radical (unpaired) electrons. The summed E-state index contributed by atoms with van der Waals surface area (Å²) in [4.78, 5) is 21.8. The highest BCUT2D eigenvalue weighted by molar-refractivity contribution is 7.81. The summed E-state index contributed by atoms with van der Waals surface area (Å²) >= 11 is 3.90. The molecule has 13 heavy (non-hydrogen) atoms. The molecular formula is C8H15NO3S. The lowest BCUT2D eigenvalue weighted by Crippen LogP contribution is -2.46. The predicted octanol–water partition coefficient (Wildman–Crippen LogP) is 0.530. The van der Waals surface area contributed by atoms with Crippen molar-refractivity contribution < 1.29 is 14.7 Å². The summed E-state index contributed by atoms with van der Waals surface area (Å²) in [6.07, 6.45) is 0. The van der Waals surface area contributed by atoms with Crippen LogP contribution in [0.4, 0.5) is 0 Å². The van der Waals surface area contributed by atoms with Crippen molar-refractivity contribution in [3.63, 3.8) is 0 Å². The third-order valence-corrected chi connectivity index (χ3v) is 1.84. The van der Waals surface area contributed by atoms with Crippen LogP contribution in [0.25, 0.3) is 0 Å². The summed E-state index contributed by atoms with van der Waals surface area (Å²) in [5, 5.41) is 10.6. The molecule has 0 aliphatic heterocycles. The van der Waals surface area contributed by atoms with Crippen LogP contribution < -0.4 is 5.32 Å². The summed E-state index contributed by atoms with van der Waals surface area (Å²) in [5.74, 6) is -1.50. The van der Waals surface area contributed by atoms with E-state index < -0.39 is 17.3 Å². The first-order valence-corrected chi connectivity index (χ1v) is 4.59. The molecule has 2 N–H and O–H groups in total. The first-order valence-electron chi connectivity index (χ1n) is 4.07. The van der Waals surface area contributed by atoms with E-state index in [0.717, 1.165) is 0 Å². The van der Waals surface area contributed by atoms with E-state index in [9.17, 15) is 9.59 Å². The van der Waals surface area contributed by atoms with Crippen LogP contribution in [0.5, 0.6) is 0 Å².